The van der Waals surface area contributed by atoms with Gasteiger partial charge in [0.15, 0.2) is 21.4 Å². The summed E-state index contributed by atoms with van der Waals surface area (Å²) in [6, 6.07) is 4.15. The minimum Gasteiger partial charge on any atom is -0.489 e. The Morgan fingerprint density at radius 2 is 2.16 bits per heavy atom. The van der Waals surface area contributed by atoms with Gasteiger partial charge >= 0.3 is 0 Å². The minimum absolute atomic E-state index is 0.00678. The standard InChI is InChI=1S/C13H14ClFO3S/c1-2-19(16,17)9-8-18-13-10-11(4-3-7-14)5-6-12(13)15/h5-6,10H,2,7-9H2,1H3. The highest BCUT2D eigenvalue weighted by Gasteiger charge is 2.09. The molecule has 0 bridgehead atoms. The van der Waals surface area contributed by atoms with E-state index in [9.17, 15) is 12.8 Å². The molecule has 0 aliphatic heterocycles. The third-order valence-electron chi connectivity index (χ3n) is 2.32. The summed E-state index contributed by atoms with van der Waals surface area (Å²) in [5.41, 5.74) is 0.565. The van der Waals surface area contributed by atoms with Crippen molar-refractivity contribution >= 4 is 21.4 Å². The molecule has 0 fully saturated rings. The molecule has 0 N–H and O–H groups in total. The van der Waals surface area contributed by atoms with E-state index in [0.29, 0.717) is 5.56 Å². The van der Waals surface area contributed by atoms with Gasteiger partial charge in [-0.15, -0.1) is 11.6 Å². The number of hydrogen-bond donors (Lipinski definition) is 0. The topological polar surface area (TPSA) is 43.4 Å². The van der Waals surface area contributed by atoms with Crippen molar-refractivity contribution in [3.63, 3.8) is 0 Å². The molecular weight excluding hydrogens is 291 g/mol. The predicted octanol–water partition coefficient (Wildman–Crippen LogP) is 2.23. The lowest BCUT2D eigenvalue weighted by Crippen LogP contribution is -2.16. The van der Waals surface area contributed by atoms with E-state index in [-0.39, 0.29) is 29.7 Å². The number of rotatable bonds is 5. The molecule has 0 spiro atoms. The second-order valence-electron chi connectivity index (χ2n) is 3.67. The van der Waals surface area contributed by atoms with Crippen LogP contribution in [0, 0.1) is 17.7 Å². The molecule has 0 unspecified atom stereocenters. The fourth-order valence-electron chi connectivity index (χ4n) is 1.25. The van der Waals surface area contributed by atoms with Crippen LogP contribution < -0.4 is 4.74 Å². The molecule has 0 atom stereocenters. The lowest BCUT2D eigenvalue weighted by atomic mass is 10.2. The van der Waals surface area contributed by atoms with Crippen LogP contribution in [0.25, 0.3) is 0 Å². The molecule has 0 saturated heterocycles. The van der Waals surface area contributed by atoms with Gasteiger partial charge in [-0.05, 0) is 18.2 Å². The van der Waals surface area contributed by atoms with Crippen LogP contribution in [0.4, 0.5) is 4.39 Å². The summed E-state index contributed by atoms with van der Waals surface area (Å²) in [5.74, 6) is 4.90. The maximum Gasteiger partial charge on any atom is 0.165 e. The second-order valence-corrected chi connectivity index (χ2v) is 6.41. The molecule has 1 aromatic carbocycles. The minimum atomic E-state index is -3.12. The summed E-state index contributed by atoms with van der Waals surface area (Å²) < 4.78 is 41.1. The first kappa shape index (κ1) is 15.8. The Labute approximate surface area is 117 Å². The average Bonchev–Trinajstić information content (AvgIpc) is 2.39. The van der Waals surface area contributed by atoms with Gasteiger partial charge in [-0.1, -0.05) is 18.8 Å². The van der Waals surface area contributed by atoms with Gasteiger partial charge in [0.2, 0.25) is 0 Å². The fraction of sp³-hybridized carbons (Fsp3) is 0.385. The first-order valence-electron chi connectivity index (χ1n) is 5.66. The smallest absolute Gasteiger partial charge is 0.165 e. The molecule has 0 aliphatic carbocycles. The number of sulfone groups is 1. The molecule has 0 aromatic heterocycles. The second kappa shape index (κ2) is 7.37. The van der Waals surface area contributed by atoms with Gasteiger partial charge in [0.1, 0.15) is 6.61 Å². The fourth-order valence-corrected chi connectivity index (χ4v) is 1.94. The van der Waals surface area contributed by atoms with Crippen LogP contribution in [-0.4, -0.2) is 32.4 Å². The zero-order valence-electron chi connectivity index (χ0n) is 10.4. The Bertz CT molecular complexity index is 588. The number of halogens is 2. The molecule has 0 amide bonds. The Morgan fingerprint density at radius 1 is 1.42 bits per heavy atom. The van der Waals surface area contributed by atoms with Crippen molar-refractivity contribution in [3.05, 3.63) is 29.6 Å². The molecular formula is C13H14ClFO3S. The van der Waals surface area contributed by atoms with Crippen LogP contribution in [0.1, 0.15) is 12.5 Å². The first-order chi connectivity index (χ1) is 8.98. The van der Waals surface area contributed by atoms with Crippen LogP contribution in [0.3, 0.4) is 0 Å². The van der Waals surface area contributed by atoms with E-state index in [2.05, 4.69) is 11.8 Å². The monoisotopic (exact) mass is 304 g/mol. The SMILES string of the molecule is CCS(=O)(=O)CCOc1cc(C#CCCl)ccc1F. The third kappa shape index (κ3) is 5.50. The summed E-state index contributed by atoms with van der Waals surface area (Å²) >= 11 is 5.43. The van der Waals surface area contributed by atoms with Crippen molar-refractivity contribution in [1.82, 2.24) is 0 Å². The van der Waals surface area contributed by atoms with Gasteiger partial charge < -0.3 is 4.74 Å². The number of alkyl halides is 1. The van der Waals surface area contributed by atoms with Gasteiger partial charge in [-0.2, -0.15) is 0 Å². The highest BCUT2D eigenvalue weighted by atomic mass is 35.5. The average molecular weight is 305 g/mol. The van der Waals surface area contributed by atoms with Crippen LogP contribution in [0.2, 0.25) is 0 Å². The molecule has 104 valence electrons. The highest BCUT2D eigenvalue weighted by Crippen LogP contribution is 2.18. The van der Waals surface area contributed by atoms with Gasteiger partial charge in [0, 0.05) is 11.3 Å². The molecule has 1 rings (SSSR count). The van der Waals surface area contributed by atoms with Crippen LogP contribution in [0.5, 0.6) is 5.75 Å². The van der Waals surface area contributed by atoms with E-state index >= 15 is 0 Å². The summed E-state index contributed by atoms with van der Waals surface area (Å²) in [6.07, 6.45) is 0. The normalized spacial score (nSPS) is 10.7. The highest BCUT2D eigenvalue weighted by molar-refractivity contribution is 7.91. The number of hydrogen-bond acceptors (Lipinski definition) is 3. The molecule has 19 heavy (non-hydrogen) atoms. The van der Waals surface area contributed by atoms with Crippen molar-refractivity contribution in [1.29, 1.82) is 0 Å². The largest absolute Gasteiger partial charge is 0.489 e. The third-order valence-corrected chi connectivity index (χ3v) is 4.12. The van der Waals surface area contributed by atoms with E-state index in [1.165, 1.54) is 18.2 Å². The molecule has 0 heterocycles. The van der Waals surface area contributed by atoms with Crippen molar-refractivity contribution in [3.8, 4) is 17.6 Å². The zero-order chi connectivity index (χ0) is 14.3. The number of benzene rings is 1. The van der Waals surface area contributed by atoms with Crippen LogP contribution in [0.15, 0.2) is 18.2 Å². The summed E-state index contributed by atoms with van der Waals surface area (Å²) in [7, 11) is -3.12. The van der Waals surface area contributed by atoms with Crippen LogP contribution in [-0.2, 0) is 9.84 Å². The van der Waals surface area contributed by atoms with E-state index in [0.717, 1.165) is 0 Å². The molecule has 3 nitrogen and oxygen atoms in total. The maximum atomic E-state index is 13.4. The molecule has 0 aliphatic rings. The first-order valence-corrected chi connectivity index (χ1v) is 8.01. The van der Waals surface area contributed by atoms with Crippen molar-refractivity contribution < 1.29 is 17.5 Å². The van der Waals surface area contributed by atoms with Crippen LogP contribution >= 0.6 is 11.6 Å². The Morgan fingerprint density at radius 3 is 2.79 bits per heavy atom. The Balaban J connectivity index is 2.72. The zero-order valence-corrected chi connectivity index (χ0v) is 12.0. The lowest BCUT2D eigenvalue weighted by molar-refractivity contribution is 0.322. The summed E-state index contributed by atoms with van der Waals surface area (Å²) in [4.78, 5) is 0. The summed E-state index contributed by atoms with van der Waals surface area (Å²) in [6.45, 7) is 1.47. The van der Waals surface area contributed by atoms with E-state index < -0.39 is 15.7 Å². The van der Waals surface area contributed by atoms with Crippen molar-refractivity contribution in [2.75, 3.05) is 24.0 Å². The van der Waals surface area contributed by atoms with Crippen molar-refractivity contribution in [2.45, 2.75) is 6.92 Å². The Kier molecular flexibility index (Phi) is 6.13. The molecule has 0 radical (unpaired) electrons. The Hall–Kier alpha value is -1.25. The predicted molar refractivity (Wildman–Crippen MR) is 73.8 cm³/mol. The van der Waals surface area contributed by atoms with Gasteiger partial charge in [-0.3, -0.25) is 0 Å². The van der Waals surface area contributed by atoms with E-state index in [1.54, 1.807) is 6.92 Å². The summed E-state index contributed by atoms with van der Waals surface area (Å²) in [5, 5.41) is 0. The molecule has 0 saturated carbocycles. The maximum absolute atomic E-state index is 13.4. The van der Waals surface area contributed by atoms with Gasteiger partial charge in [-0.25, -0.2) is 12.8 Å². The van der Waals surface area contributed by atoms with E-state index in [1.807, 2.05) is 0 Å². The quantitative estimate of drug-likeness (QED) is 0.619. The van der Waals surface area contributed by atoms with Crippen molar-refractivity contribution in [2.24, 2.45) is 0 Å². The van der Waals surface area contributed by atoms with Gasteiger partial charge in [0.25, 0.3) is 0 Å². The number of ether oxygens (including phenoxy) is 1. The van der Waals surface area contributed by atoms with Gasteiger partial charge in [0.05, 0.1) is 11.6 Å². The van der Waals surface area contributed by atoms with E-state index in [4.69, 9.17) is 16.3 Å². The molecule has 6 heteroatoms. The molecule has 1 aromatic rings. The lowest BCUT2D eigenvalue weighted by Gasteiger charge is -2.07.